The van der Waals surface area contributed by atoms with Crippen LogP contribution in [0.3, 0.4) is 0 Å². The number of nitrogens with two attached hydrogens (primary N) is 1. The van der Waals surface area contributed by atoms with Gasteiger partial charge in [-0.2, -0.15) is 13.2 Å². The van der Waals surface area contributed by atoms with Crippen molar-refractivity contribution in [2.24, 2.45) is 0 Å². The minimum Gasteiger partial charge on any atom is -0.416 e. The highest BCUT2D eigenvalue weighted by Gasteiger charge is 2.33. The van der Waals surface area contributed by atoms with Crippen LogP contribution in [0.4, 0.5) is 19.1 Å². The number of hydrogen-bond donors (Lipinski definition) is 1. The van der Waals surface area contributed by atoms with E-state index in [2.05, 4.69) is 20.2 Å². The lowest BCUT2D eigenvalue weighted by Crippen LogP contribution is -2.11. The first-order valence-electron chi connectivity index (χ1n) is 4.54. The number of halogens is 3. The Bertz CT molecular complexity index is 570. The fourth-order valence-corrected chi connectivity index (χ4v) is 1.78. The molecule has 0 aromatic carbocycles. The van der Waals surface area contributed by atoms with Crippen molar-refractivity contribution in [3.63, 3.8) is 0 Å². The van der Waals surface area contributed by atoms with Gasteiger partial charge in [0, 0.05) is 13.0 Å². The number of aromatic nitrogens is 4. The van der Waals surface area contributed by atoms with E-state index in [0.29, 0.717) is 5.89 Å². The Morgan fingerprint density at radius 2 is 2.00 bits per heavy atom. The number of nitrogens with zero attached hydrogens (tertiary/aromatic N) is 4. The highest BCUT2D eigenvalue weighted by Crippen LogP contribution is 2.32. The molecular formula is C8H6F3N5OS. The molecule has 0 fully saturated rings. The van der Waals surface area contributed by atoms with Crippen molar-refractivity contribution in [3.05, 3.63) is 17.7 Å². The number of nitrogen functional groups attached to an aromatic ring is 1. The molecule has 0 atom stereocenters. The zero-order chi connectivity index (χ0) is 13.3. The van der Waals surface area contributed by atoms with Gasteiger partial charge in [0.2, 0.25) is 11.8 Å². The predicted molar refractivity (Wildman–Crippen MR) is 54.6 cm³/mol. The molecule has 0 aliphatic carbocycles. The summed E-state index contributed by atoms with van der Waals surface area (Å²) in [5.74, 6) is -0.167. The molecule has 2 heterocycles. The molecule has 0 aliphatic heterocycles. The van der Waals surface area contributed by atoms with E-state index in [1.165, 1.54) is 0 Å². The predicted octanol–water partition coefficient (Wildman–Crippen LogP) is 1.92. The first-order valence-corrected chi connectivity index (χ1v) is 5.36. The van der Waals surface area contributed by atoms with Gasteiger partial charge in [-0.1, -0.05) is 0 Å². The summed E-state index contributed by atoms with van der Waals surface area (Å²) >= 11 is 0.781. The van der Waals surface area contributed by atoms with Gasteiger partial charge in [0.15, 0.2) is 5.69 Å². The lowest BCUT2D eigenvalue weighted by Gasteiger charge is -2.06. The summed E-state index contributed by atoms with van der Waals surface area (Å²) in [6.45, 7) is 1.56. The van der Waals surface area contributed by atoms with E-state index in [1.54, 1.807) is 6.92 Å². The second kappa shape index (κ2) is 4.44. The number of aryl methyl sites for hydroxylation is 1. The average molecular weight is 277 g/mol. The van der Waals surface area contributed by atoms with Crippen LogP contribution in [0.1, 0.15) is 11.6 Å². The standard InChI is InChI=1S/C8H6F3N5OS/c1-3-15-16-7(17-3)18-5-2-4(8(9,10)11)13-6(12)14-5/h2H,1H3,(H2,12,13,14). The number of alkyl halides is 3. The second-order valence-corrected chi connectivity index (χ2v) is 4.11. The molecular weight excluding hydrogens is 271 g/mol. The molecule has 2 aromatic heterocycles. The largest absolute Gasteiger partial charge is 0.433 e. The summed E-state index contributed by atoms with van der Waals surface area (Å²) < 4.78 is 42.5. The van der Waals surface area contributed by atoms with Crippen LogP contribution in [0.5, 0.6) is 0 Å². The summed E-state index contributed by atoms with van der Waals surface area (Å²) in [4.78, 5) is 6.77. The van der Waals surface area contributed by atoms with Gasteiger partial charge in [-0.25, -0.2) is 9.97 Å². The van der Waals surface area contributed by atoms with E-state index in [0.717, 1.165) is 17.8 Å². The van der Waals surface area contributed by atoms with Gasteiger partial charge < -0.3 is 10.2 Å². The van der Waals surface area contributed by atoms with Gasteiger partial charge in [0.25, 0.3) is 5.22 Å². The van der Waals surface area contributed by atoms with Crippen LogP contribution in [-0.4, -0.2) is 20.2 Å². The van der Waals surface area contributed by atoms with Crippen LogP contribution in [0.25, 0.3) is 0 Å². The van der Waals surface area contributed by atoms with Crippen molar-refractivity contribution in [1.29, 1.82) is 0 Å². The number of hydrogen-bond acceptors (Lipinski definition) is 7. The molecule has 96 valence electrons. The molecule has 0 unspecified atom stereocenters. The first-order chi connectivity index (χ1) is 8.34. The number of anilines is 1. The number of rotatable bonds is 2. The second-order valence-electron chi connectivity index (χ2n) is 3.14. The molecule has 2 N–H and O–H groups in total. The van der Waals surface area contributed by atoms with E-state index in [1.807, 2.05) is 0 Å². The Morgan fingerprint density at radius 3 is 2.56 bits per heavy atom. The minimum absolute atomic E-state index is 0.0153. The van der Waals surface area contributed by atoms with Crippen LogP contribution in [0.2, 0.25) is 0 Å². The molecule has 0 amide bonds. The summed E-state index contributed by atoms with van der Waals surface area (Å²) in [5, 5.41) is 7.24. The molecule has 0 spiro atoms. The summed E-state index contributed by atoms with van der Waals surface area (Å²) in [5.41, 5.74) is 4.10. The van der Waals surface area contributed by atoms with Gasteiger partial charge in [0.05, 0.1) is 0 Å². The highest BCUT2D eigenvalue weighted by molar-refractivity contribution is 7.99. The smallest absolute Gasteiger partial charge is 0.416 e. The first kappa shape index (κ1) is 12.6. The fourth-order valence-electron chi connectivity index (χ4n) is 1.05. The van der Waals surface area contributed by atoms with Crippen molar-refractivity contribution in [1.82, 2.24) is 20.2 Å². The van der Waals surface area contributed by atoms with Crippen LogP contribution in [0.15, 0.2) is 20.7 Å². The Balaban J connectivity index is 2.31. The van der Waals surface area contributed by atoms with E-state index in [-0.39, 0.29) is 10.2 Å². The van der Waals surface area contributed by atoms with E-state index in [4.69, 9.17) is 10.2 Å². The quantitative estimate of drug-likeness (QED) is 0.838. The third kappa shape index (κ3) is 2.88. The SMILES string of the molecule is Cc1nnc(Sc2cc(C(F)(F)F)nc(N)n2)o1. The normalized spacial score (nSPS) is 11.8. The highest BCUT2D eigenvalue weighted by atomic mass is 32.2. The van der Waals surface area contributed by atoms with Crippen molar-refractivity contribution < 1.29 is 17.6 Å². The fraction of sp³-hybridized carbons (Fsp3) is 0.250. The third-order valence-corrected chi connectivity index (χ3v) is 2.47. The molecule has 2 aromatic rings. The molecule has 0 saturated heterocycles. The van der Waals surface area contributed by atoms with E-state index in [9.17, 15) is 13.2 Å². The Hall–Kier alpha value is -1.84. The summed E-state index contributed by atoms with van der Waals surface area (Å²) in [6.07, 6.45) is -4.59. The van der Waals surface area contributed by atoms with Crippen molar-refractivity contribution in [2.75, 3.05) is 5.73 Å². The summed E-state index contributed by atoms with van der Waals surface area (Å²) in [7, 11) is 0. The Morgan fingerprint density at radius 1 is 1.28 bits per heavy atom. The third-order valence-electron chi connectivity index (χ3n) is 1.71. The monoisotopic (exact) mass is 277 g/mol. The van der Waals surface area contributed by atoms with Gasteiger partial charge in [0.1, 0.15) is 5.03 Å². The molecule has 0 aliphatic rings. The van der Waals surface area contributed by atoms with Crippen LogP contribution < -0.4 is 5.73 Å². The lowest BCUT2D eigenvalue weighted by molar-refractivity contribution is -0.141. The van der Waals surface area contributed by atoms with Crippen LogP contribution in [0, 0.1) is 6.92 Å². The maximum Gasteiger partial charge on any atom is 0.433 e. The van der Waals surface area contributed by atoms with Gasteiger partial charge in [-0.3, -0.25) is 0 Å². The molecule has 6 nitrogen and oxygen atoms in total. The Kier molecular flexibility index (Phi) is 3.11. The van der Waals surface area contributed by atoms with Gasteiger partial charge in [-0.15, -0.1) is 10.2 Å². The Labute approximate surface area is 103 Å². The maximum atomic E-state index is 12.5. The molecule has 2 rings (SSSR count). The van der Waals surface area contributed by atoms with Gasteiger partial charge in [-0.05, 0) is 11.8 Å². The van der Waals surface area contributed by atoms with E-state index >= 15 is 0 Å². The minimum atomic E-state index is -4.59. The molecule has 18 heavy (non-hydrogen) atoms. The molecule has 0 radical (unpaired) electrons. The zero-order valence-electron chi connectivity index (χ0n) is 8.89. The van der Waals surface area contributed by atoms with Crippen LogP contribution in [-0.2, 0) is 6.18 Å². The molecule has 0 saturated carbocycles. The lowest BCUT2D eigenvalue weighted by atomic mass is 10.4. The zero-order valence-corrected chi connectivity index (χ0v) is 9.71. The van der Waals surface area contributed by atoms with Gasteiger partial charge >= 0.3 is 6.18 Å². The van der Waals surface area contributed by atoms with E-state index < -0.39 is 17.8 Å². The maximum absolute atomic E-state index is 12.5. The molecule has 0 bridgehead atoms. The van der Waals surface area contributed by atoms with Crippen molar-refractivity contribution in [3.8, 4) is 0 Å². The average Bonchev–Trinajstić information content (AvgIpc) is 2.61. The summed E-state index contributed by atoms with van der Waals surface area (Å²) in [6, 6.07) is 0.764. The van der Waals surface area contributed by atoms with Crippen LogP contribution >= 0.6 is 11.8 Å². The van der Waals surface area contributed by atoms with Crippen molar-refractivity contribution in [2.45, 2.75) is 23.3 Å². The van der Waals surface area contributed by atoms with Crippen molar-refractivity contribution >= 4 is 17.7 Å². The molecule has 10 heteroatoms. The topological polar surface area (TPSA) is 90.7 Å².